The van der Waals surface area contributed by atoms with E-state index in [1.165, 1.54) is 25.7 Å². The minimum atomic E-state index is -0.297. The van der Waals surface area contributed by atoms with Gasteiger partial charge in [0.25, 0.3) is 0 Å². The first-order valence-electron chi connectivity index (χ1n) is 9.73. The average molecular weight is 359 g/mol. The first-order valence-corrected chi connectivity index (χ1v) is 9.73. The van der Waals surface area contributed by atoms with Gasteiger partial charge in [-0.25, -0.2) is 0 Å². The molecule has 148 valence electrons. The Kier molecular flexibility index (Phi) is 13.5. The predicted octanol–water partition coefficient (Wildman–Crippen LogP) is 4.81. The van der Waals surface area contributed by atoms with Crippen molar-refractivity contribution in [2.24, 2.45) is 0 Å². The van der Waals surface area contributed by atoms with E-state index in [0.29, 0.717) is 19.6 Å². The zero-order valence-electron chi connectivity index (χ0n) is 16.9. The molecule has 0 aliphatic heterocycles. The van der Waals surface area contributed by atoms with E-state index < -0.39 is 0 Å². The molecule has 0 saturated carbocycles. The van der Waals surface area contributed by atoms with Gasteiger partial charge in [0.1, 0.15) is 6.10 Å². The van der Waals surface area contributed by atoms with E-state index in [1.807, 2.05) is 20.8 Å². The lowest BCUT2D eigenvalue weighted by Gasteiger charge is -2.22. The van der Waals surface area contributed by atoms with Gasteiger partial charge in [0.2, 0.25) is 0 Å². The molecular formula is C20H38O5. The molecule has 0 heterocycles. The maximum atomic E-state index is 11.7. The van der Waals surface area contributed by atoms with E-state index in [-0.39, 0.29) is 36.5 Å². The minimum Gasteiger partial charge on any atom is -0.466 e. The van der Waals surface area contributed by atoms with Gasteiger partial charge in [0.05, 0.1) is 18.8 Å². The van der Waals surface area contributed by atoms with Crippen LogP contribution in [0.2, 0.25) is 0 Å². The quantitative estimate of drug-likeness (QED) is 0.329. The van der Waals surface area contributed by atoms with Crippen molar-refractivity contribution in [1.82, 2.24) is 0 Å². The van der Waals surface area contributed by atoms with Gasteiger partial charge < -0.3 is 14.2 Å². The van der Waals surface area contributed by atoms with Gasteiger partial charge in [0, 0.05) is 12.8 Å². The Hall–Kier alpha value is -1.10. The van der Waals surface area contributed by atoms with Crippen LogP contribution in [0, 0.1) is 0 Å². The summed E-state index contributed by atoms with van der Waals surface area (Å²) in [5.41, 5.74) is -0.250. The fourth-order valence-electron chi connectivity index (χ4n) is 2.20. The van der Waals surface area contributed by atoms with Crippen LogP contribution in [0.15, 0.2) is 0 Å². The summed E-state index contributed by atoms with van der Waals surface area (Å²) in [6.45, 7) is 10.7. The number of unbranched alkanes of at least 4 members (excludes halogenated alkanes) is 5. The molecule has 0 aliphatic rings. The SMILES string of the molecule is CCCCCCCCOC(=O)CCCC(=O)OC(C)COC(C)(C)C. The van der Waals surface area contributed by atoms with Gasteiger partial charge in [0.15, 0.2) is 0 Å². The van der Waals surface area contributed by atoms with Gasteiger partial charge >= 0.3 is 11.9 Å². The van der Waals surface area contributed by atoms with Crippen molar-refractivity contribution >= 4 is 11.9 Å². The summed E-state index contributed by atoms with van der Waals surface area (Å²) in [4.78, 5) is 23.3. The zero-order valence-corrected chi connectivity index (χ0v) is 16.9. The van der Waals surface area contributed by atoms with Crippen LogP contribution >= 0.6 is 0 Å². The highest BCUT2D eigenvalue weighted by molar-refractivity contribution is 5.72. The maximum Gasteiger partial charge on any atom is 0.306 e. The van der Waals surface area contributed by atoms with Crippen LogP contribution in [-0.4, -0.2) is 36.9 Å². The lowest BCUT2D eigenvalue weighted by atomic mass is 10.1. The zero-order chi connectivity index (χ0) is 19.1. The number of hydrogen-bond acceptors (Lipinski definition) is 5. The van der Waals surface area contributed by atoms with E-state index in [4.69, 9.17) is 14.2 Å². The lowest BCUT2D eigenvalue weighted by molar-refractivity contribution is -0.154. The molecule has 0 aromatic rings. The van der Waals surface area contributed by atoms with Gasteiger partial charge in [-0.1, -0.05) is 39.0 Å². The van der Waals surface area contributed by atoms with Crippen LogP contribution in [0.5, 0.6) is 0 Å². The second-order valence-electron chi connectivity index (χ2n) is 7.57. The molecule has 0 bridgehead atoms. The van der Waals surface area contributed by atoms with Crippen molar-refractivity contribution in [3.8, 4) is 0 Å². The first-order chi connectivity index (χ1) is 11.7. The highest BCUT2D eigenvalue weighted by atomic mass is 16.6. The van der Waals surface area contributed by atoms with Gasteiger partial charge in [-0.15, -0.1) is 0 Å². The molecule has 0 N–H and O–H groups in total. The molecule has 5 heteroatoms. The fourth-order valence-corrected chi connectivity index (χ4v) is 2.20. The van der Waals surface area contributed by atoms with E-state index >= 15 is 0 Å². The van der Waals surface area contributed by atoms with Crippen molar-refractivity contribution < 1.29 is 23.8 Å². The number of carbonyl (C=O) groups excluding carboxylic acids is 2. The Morgan fingerprint density at radius 1 is 0.880 bits per heavy atom. The number of ether oxygens (including phenoxy) is 3. The Morgan fingerprint density at radius 2 is 1.48 bits per heavy atom. The van der Waals surface area contributed by atoms with Crippen LogP contribution in [0.4, 0.5) is 0 Å². The normalized spacial score (nSPS) is 12.7. The second-order valence-corrected chi connectivity index (χ2v) is 7.57. The highest BCUT2D eigenvalue weighted by Crippen LogP contribution is 2.09. The summed E-state index contributed by atoms with van der Waals surface area (Å²) in [7, 11) is 0. The molecule has 0 fully saturated rings. The molecule has 0 saturated heterocycles. The summed E-state index contributed by atoms with van der Waals surface area (Å²) in [5, 5.41) is 0. The minimum absolute atomic E-state index is 0.228. The molecule has 0 radical (unpaired) electrons. The number of carbonyl (C=O) groups is 2. The van der Waals surface area contributed by atoms with Gasteiger partial charge in [-0.2, -0.15) is 0 Å². The van der Waals surface area contributed by atoms with Crippen LogP contribution < -0.4 is 0 Å². The number of hydrogen-bond donors (Lipinski definition) is 0. The average Bonchev–Trinajstić information content (AvgIpc) is 2.51. The van der Waals surface area contributed by atoms with E-state index in [2.05, 4.69) is 6.92 Å². The van der Waals surface area contributed by atoms with Crippen LogP contribution in [-0.2, 0) is 23.8 Å². The predicted molar refractivity (Wildman–Crippen MR) is 99.4 cm³/mol. The number of esters is 2. The van der Waals surface area contributed by atoms with Gasteiger partial charge in [-0.05, 0) is 40.5 Å². The fraction of sp³-hybridized carbons (Fsp3) is 0.900. The van der Waals surface area contributed by atoms with Crippen LogP contribution in [0.25, 0.3) is 0 Å². The summed E-state index contributed by atoms with van der Waals surface area (Å²) in [5.74, 6) is -0.529. The molecule has 0 amide bonds. The van der Waals surface area contributed by atoms with Gasteiger partial charge in [-0.3, -0.25) is 9.59 Å². The third-order valence-corrected chi connectivity index (χ3v) is 3.61. The first kappa shape index (κ1) is 23.9. The molecular weight excluding hydrogens is 320 g/mol. The monoisotopic (exact) mass is 358 g/mol. The number of rotatable bonds is 14. The Balaban J connectivity index is 3.58. The van der Waals surface area contributed by atoms with E-state index in [0.717, 1.165) is 12.8 Å². The second kappa shape index (κ2) is 14.1. The molecule has 5 nitrogen and oxygen atoms in total. The van der Waals surface area contributed by atoms with Crippen molar-refractivity contribution in [2.75, 3.05) is 13.2 Å². The Bertz CT molecular complexity index is 360. The summed E-state index contributed by atoms with van der Waals surface area (Å²) in [6, 6.07) is 0. The molecule has 1 unspecified atom stereocenters. The largest absolute Gasteiger partial charge is 0.466 e. The Morgan fingerprint density at radius 3 is 2.12 bits per heavy atom. The third-order valence-electron chi connectivity index (χ3n) is 3.61. The third kappa shape index (κ3) is 17.5. The maximum absolute atomic E-state index is 11.7. The molecule has 0 aromatic carbocycles. The molecule has 0 aromatic heterocycles. The highest BCUT2D eigenvalue weighted by Gasteiger charge is 2.15. The van der Waals surface area contributed by atoms with Crippen LogP contribution in [0.3, 0.4) is 0 Å². The molecule has 0 spiro atoms. The van der Waals surface area contributed by atoms with Crippen molar-refractivity contribution in [3.05, 3.63) is 0 Å². The summed E-state index contributed by atoms with van der Waals surface area (Å²) in [6.07, 6.45) is 7.66. The van der Waals surface area contributed by atoms with Crippen molar-refractivity contribution in [3.63, 3.8) is 0 Å². The van der Waals surface area contributed by atoms with Crippen LogP contribution in [0.1, 0.15) is 92.4 Å². The standard InChI is InChI=1S/C20H38O5/c1-6-7-8-9-10-11-15-23-18(21)13-12-14-19(22)25-17(2)16-24-20(3,4)5/h17H,6-16H2,1-5H3. The molecule has 0 rings (SSSR count). The summed E-state index contributed by atoms with van der Waals surface area (Å²) >= 11 is 0. The topological polar surface area (TPSA) is 61.8 Å². The molecule has 25 heavy (non-hydrogen) atoms. The lowest BCUT2D eigenvalue weighted by Crippen LogP contribution is -2.27. The smallest absolute Gasteiger partial charge is 0.306 e. The molecule has 0 aliphatic carbocycles. The van der Waals surface area contributed by atoms with E-state index in [1.54, 1.807) is 6.92 Å². The molecule has 1 atom stereocenters. The van der Waals surface area contributed by atoms with Crippen molar-refractivity contribution in [1.29, 1.82) is 0 Å². The Labute approximate surface area is 153 Å². The van der Waals surface area contributed by atoms with E-state index in [9.17, 15) is 9.59 Å². The summed E-state index contributed by atoms with van der Waals surface area (Å²) < 4.78 is 16.0. The van der Waals surface area contributed by atoms with Crippen molar-refractivity contribution in [2.45, 2.75) is 104 Å².